The van der Waals surface area contributed by atoms with Crippen molar-refractivity contribution < 1.29 is 72.2 Å². The third-order valence-corrected chi connectivity index (χ3v) is 20.1. The number of hydrogen-bond acceptors (Lipinski definition) is 16. The highest BCUT2D eigenvalue weighted by atomic mass is 16.3. The predicted molar refractivity (Wildman–Crippen MR) is 363 cm³/mol. The molecular formula is C69H107N15O15. The molecule has 30 nitrogen and oxygen atoms in total. The number of carbonyl (C=O) groups excluding carboxylic acids is 14. The fraction of sp³-hybridized carbons (Fsp3) is 0.681. The number of amides is 14. The van der Waals surface area contributed by atoms with Crippen molar-refractivity contribution in [2.75, 3.05) is 26.2 Å². The molecule has 0 aromatic heterocycles. The van der Waals surface area contributed by atoms with E-state index in [4.69, 9.17) is 11.5 Å². The van der Waals surface area contributed by atoms with E-state index in [0.717, 1.165) is 6.20 Å². The summed E-state index contributed by atoms with van der Waals surface area (Å²) in [5.74, 6) is -13.4. The largest absolute Gasteiger partial charge is 0.391 e. The lowest BCUT2D eigenvalue weighted by molar-refractivity contribution is -0.151. The monoisotopic (exact) mass is 1390 g/mol. The minimum absolute atomic E-state index is 0.00387. The Labute approximate surface area is 579 Å². The molecule has 99 heavy (non-hydrogen) atoms. The Morgan fingerprint density at radius 3 is 1.77 bits per heavy atom. The van der Waals surface area contributed by atoms with Crippen molar-refractivity contribution >= 4 is 82.7 Å². The van der Waals surface area contributed by atoms with Gasteiger partial charge in [0.2, 0.25) is 76.8 Å². The standard InChI is InChI=1S/C69H107N15O15/c1-12-37(7)53(57(71)87)78-58(88)41(11)73-59(89)45(33-52(70)86)75-64(94)55(39(9)14-3)79-62(92)49-25-19-27-81(49)67(97)47-34-72-54(38(8)13-2)63(93)80-56(40(10)15-4)65(95)76-46(31-42-22-17-16-18-23-42)66(96)83-29-21-26-50(83)68(98)84-35-43(85)32-51(84)69(99)82-28-20-24-48(82)61(91)74-44(30-36(5)6)60(90)77-47/h16-18,22-23,34,36-41,43-46,48-51,53-56,72,85H,12-15,19-21,24-33,35H2,1-11H3,(H2,70,86)(H2,71,87)(H,73,89)(H,74,91)(H,75,94)(H,76,95)(H,77,90)(H,78,88)(H,79,92)(H,80,93)/b47-34-/t37-,38-,39-,40-,41-,43+,44-,45-,46-,48-,49-,50-,51-,53-,54-,55-,56-/m0/s1. The zero-order chi connectivity index (χ0) is 73.3. The quantitative estimate of drug-likeness (QED) is 0.0597. The van der Waals surface area contributed by atoms with E-state index in [1.807, 2.05) is 13.8 Å². The van der Waals surface area contributed by atoms with Crippen LogP contribution in [0.1, 0.15) is 165 Å². The van der Waals surface area contributed by atoms with Gasteiger partial charge in [-0.15, -0.1) is 0 Å². The van der Waals surface area contributed by atoms with Crippen molar-refractivity contribution in [3.63, 3.8) is 0 Å². The first-order valence-electron chi connectivity index (χ1n) is 35.3. The number of aliphatic hydroxyl groups is 1. The average molecular weight is 1390 g/mol. The van der Waals surface area contributed by atoms with E-state index in [2.05, 4.69) is 47.9 Å². The van der Waals surface area contributed by atoms with E-state index in [1.165, 1.54) is 26.5 Å². The number of nitrogens with two attached hydrogens (primary N) is 2. The van der Waals surface area contributed by atoms with Crippen LogP contribution in [0, 0.1) is 29.6 Å². The molecule has 6 rings (SSSR count). The lowest BCUT2D eigenvalue weighted by Gasteiger charge is -2.35. The maximum absolute atomic E-state index is 15.4. The summed E-state index contributed by atoms with van der Waals surface area (Å²) < 4.78 is 0. The summed E-state index contributed by atoms with van der Waals surface area (Å²) in [6.07, 6.45) is 2.07. The smallest absolute Gasteiger partial charge is 0.272 e. The van der Waals surface area contributed by atoms with Gasteiger partial charge in [-0.25, -0.2) is 0 Å². The molecule has 30 heteroatoms. The van der Waals surface area contributed by atoms with Crippen molar-refractivity contribution in [1.82, 2.24) is 67.5 Å². The average Bonchev–Trinajstić information content (AvgIpc) is 1.67. The van der Waals surface area contributed by atoms with Crippen LogP contribution in [-0.2, 0) is 73.5 Å². The van der Waals surface area contributed by atoms with Crippen LogP contribution in [0.2, 0.25) is 0 Å². The molecule has 14 N–H and O–H groups in total. The number of nitrogens with zero attached hydrogens (tertiary/aromatic N) is 4. The van der Waals surface area contributed by atoms with E-state index in [-0.39, 0.29) is 89.4 Å². The zero-order valence-electron chi connectivity index (χ0n) is 59.2. The van der Waals surface area contributed by atoms with E-state index in [0.29, 0.717) is 37.7 Å². The fourth-order valence-corrected chi connectivity index (χ4v) is 13.4. The molecule has 0 spiro atoms. The molecule has 0 unspecified atom stereocenters. The first kappa shape index (κ1) is 79.3. The molecule has 4 saturated heterocycles. The molecule has 0 bridgehead atoms. The molecule has 17 atom stereocenters. The normalized spacial score (nSPS) is 26.7. The van der Waals surface area contributed by atoms with Gasteiger partial charge >= 0.3 is 0 Å². The Bertz CT molecular complexity index is 3150. The molecule has 0 aliphatic carbocycles. The maximum atomic E-state index is 15.4. The van der Waals surface area contributed by atoms with Crippen LogP contribution in [0.3, 0.4) is 0 Å². The van der Waals surface area contributed by atoms with Crippen LogP contribution < -0.4 is 59.3 Å². The van der Waals surface area contributed by atoms with Gasteiger partial charge in [0.1, 0.15) is 78.2 Å². The Balaban J connectivity index is 1.38. The molecule has 14 amide bonds. The third-order valence-electron chi connectivity index (χ3n) is 20.1. The highest BCUT2D eigenvalue weighted by Crippen LogP contribution is 2.31. The first-order chi connectivity index (χ1) is 46.8. The van der Waals surface area contributed by atoms with Gasteiger partial charge in [-0.3, -0.25) is 67.1 Å². The van der Waals surface area contributed by atoms with Gasteiger partial charge in [0.15, 0.2) is 0 Å². The van der Waals surface area contributed by atoms with E-state index in [1.54, 1.807) is 85.7 Å². The molecule has 1 aromatic carbocycles. The predicted octanol–water partition coefficient (Wildman–Crippen LogP) is -0.902. The first-order valence-corrected chi connectivity index (χ1v) is 35.3. The van der Waals surface area contributed by atoms with Crippen molar-refractivity contribution in [3.05, 3.63) is 47.8 Å². The summed E-state index contributed by atoms with van der Waals surface area (Å²) in [7, 11) is 0. The van der Waals surface area contributed by atoms with Gasteiger partial charge in [0.25, 0.3) is 5.91 Å². The number of fused-ring (bicyclic) bond motifs is 3. The summed E-state index contributed by atoms with van der Waals surface area (Å²) in [6, 6.07) is -6.41. The van der Waals surface area contributed by atoms with E-state index < -0.39 is 191 Å². The molecule has 1 aromatic rings. The Morgan fingerprint density at radius 2 is 1.16 bits per heavy atom. The van der Waals surface area contributed by atoms with Gasteiger partial charge < -0.3 is 84.0 Å². The van der Waals surface area contributed by atoms with Crippen molar-refractivity contribution in [2.45, 2.75) is 245 Å². The maximum Gasteiger partial charge on any atom is 0.272 e. The van der Waals surface area contributed by atoms with Crippen LogP contribution in [0.4, 0.5) is 0 Å². The van der Waals surface area contributed by atoms with Crippen molar-refractivity contribution in [3.8, 4) is 0 Å². The number of benzene rings is 1. The Morgan fingerprint density at radius 1 is 0.586 bits per heavy atom. The second-order valence-corrected chi connectivity index (χ2v) is 27.9. The molecule has 0 radical (unpaired) electrons. The summed E-state index contributed by atoms with van der Waals surface area (Å²) >= 11 is 0. The molecular weight excluding hydrogens is 1280 g/mol. The van der Waals surface area contributed by atoms with Crippen LogP contribution in [-0.4, -0.2) is 212 Å². The zero-order valence-corrected chi connectivity index (χ0v) is 59.2. The second kappa shape index (κ2) is 36.4. The minimum Gasteiger partial charge on any atom is -0.391 e. The Hall–Kier alpha value is -8.70. The summed E-state index contributed by atoms with van der Waals surface area (Å²) in [4.78, 5) is 206. The van der Waals surface area contributed by atoms with Crippen LogP contribution >= 0.6 is 0 Å². The molecule has 5 aliphatic rings. The summed E-state index contributed by atoms with van der Waals surface area (Å²) in [5.41, 5.74) is 11.3. The van der Waals surface area contributed by atoms with Gasteiger partial charge in [0.05, 0.1) is 12.5 Å². The lowest BCUT2D eigenvalue weighted by atomic mass is 9.94. The molecule has 5 heterocycles. The SMILES string of the molecule is CC[C@H](C)[C@H](NC(=O)[C@H](C)NC(=O)[C@H](CC(N)=O)NC(=O)[C@@H](NC(=O)[C@@H]1CCCN1C(=O)/C1=C/N[C@@H]([C@@H](C)CC)C(=O)N[C@@H]([C@@H](C)CC)C(=O)N[C@@H](Cc2ccccc2)C(=O)N2CCC[C@H]2C(=O)N2C[C@H](O)C[C@H]2C(=O)N2CCC[C@H]2C(=O)N[C@@H](CC(C)C)C(=O)N1)[C@@H](C)CC)C(N)=O. The number of rotatable bonds is 24. The van der Waals surface area contributed by atoms with Crippen molar-refractivity contribution in [2.24, 2.45) is 41.1 Å². The number of likely N-dealkylation sites (tertiary alicyclic amines) is 1. The topological polar surface area (TPSA) is 432 Å². The van der Waals surface area contributed by atoms with Gasteiger partial charge in [-0.2, -0.15) is 0 Å². The second-order valence-electron chi connectivity index (χ2n) is 27.9. The third kappa shape index (κ3) is 20.5. The molecule has 4 fully saturated rings. The minimum atomic E-state index is -1.66. The van der Waals surface area contributed by atoms with Gasteiger partial charge in [-0.05, 0) is 87.0 Å². The van der Waals surface area contributed by atoms with Crippen molar-refractivity contribution in [1.29, 1.82) is 0 Å². The lowest BCUT2D eigenvalue weighted by Crippen LogP contribution is -2.61. The van der Waals surface area contributed by atoms with Crippen LogP contribution in [0.25, 0.3) is 0 Å². The van der Waals surface area contributed by atoms with Crippen LogP contribution in [0.5, 0.6) is 0 Å². The van der Waals surface area contributed by atoms with Crippen LogP contribution in [0.15, 0.2) is 42.2 Å². The summed E-state index contributed by atoms with van der Waals surface area (Å²) in [6.45, 7) is 18.9. The highest BCUT2D eigenvalue weighted by Gasteiger charge is 2.50. The van der Waals surface area contributed by atoms with Gasteiger partial charge in [-0.1, -0.05) is 125 Å². The summed E-state index contributed by atoms with van der Waals surface area (Å²) in [5, 5.41) is 35.8. The Kier molecular flexibility index (Phi) is 29.2. The number of hydrogen-bond donors (Lipinski definition) is 12. The number of carbonyl (C=O) groups is 14. The van der Waals surface area contributed by atoms with E-state index in [9.17, 15) is 53.1 Å². The number of nitrogens with one attached hydrogen (secondary N) is 9. The highest BCUT2D eigenvalue weighted by molar-refractivity contribution is 6.04. The number of primary amides is 2. The molecule has 548 valence electrons. The molecule has 5 aliphatic heterocycles. The van der Waals surface area contributed by atoms with E-state index >= 15 is 19.2 Å². The number of aliphatic hydroxyl groups excluding tert-OH is 1. The molecule has 0 saturated carbocycles. The fourth-order valence-electron chi connectivity index (χ4n) is 13.4. The van der Waals surface area contributed by atoms with Gasteiger partial charge in [0, 0.05) is 45.2 Å².